The summed E-state index contributed by atoms with van der Waals surface area (Å²) in [7, 11) is 0. The van der Waals surface area contributed by atoms with Crippen molar-refractivity contribution in [3.05, 3.63) is 94.5 Å². The van der Waals surface area contributed by atoms with E-state index in [-0.39, 0.29) is 5.91 Å². The van der Waals surface area contributed by atoms with Gasteiger partial charge in [-0.25, -0.2) is 4.98 Å². The predicted molar refractivity (Wildman–Crippen MR) is 126 cm³/mol. The normalized spacial score (nSPS) is 11.0. The Morgan fingerprint density at radius 2 is 1.77 bits per heavy atom. The molecule has 1 heterocycles. The molecule has 152 valence electrons. The van der Waals surface area contributed by atoms with Gasteiger partial charge >= 0.3 is 0 Å². The molecular formula is C26H26N2OS. The molecule has 30 heavy (non-hydrogen) atoms. The molecule has 0 aliphatic heterocycles. The van der Waals surface area contributed by atoms with E-state index >= 15 is 0 Å². The van der Waals surface area contributed by atoms with E-state index < -0.39 is 0 Å². The summed E-state index contributed by atoms with van der Waals surface area (Å²) in [6, 6.07) is 22.7. The van der Waals surface area contributed by atoms with Gasteiger partial charge in [-0.1, -0.05) is 84.5 Å². The number of aromatic nitrogens is 1. The van der Waals surface area contributed by atoms with Crippen LogP contribution in [-0.4, -0.2) is 10.9 Å². The Morgan fingerprint density at radius 3 is 2.53 bits per heavy atom. The first-order chi connectivity index (χ1) is 14.5. The molecule has 0 unspecified atom stereocenters. The smallest absolute Gasteiger partial charge is 0.233 e. The number of hydrogen-bond donors (Lipinski definition) is 0. The van der Waals surface area contributed by atoms with Crippen molar-refractivity contribution >= 4 is 32.6 Å². The van der Waals surface area contributed by atoms with Crippen molar-refractivity contribution < 1.29 is 4.79 Å². The number of thiazole rings is 1. The molecule has 3 aromatic carbocycles. The van der Waals surface area contributed by atoms with Crippen molar-refractivity contribution in [2.45, 2.75) is 40.2 Å². The molecule has 1 aromatic heterocycles. The first-order valence-corrected chi connectivity index (χ1v) is 11.2. The minimum Gasteiger partial charge on any atom is -0.283 e. The van der Waals surface area contributed by atoms with E-state index in [2.05, 4.69) is 69.3 Å². The fraction of sp³-hybridized carbons (Fsp3) is 0.231. The van der Waals surface area contributed by atoms with Crippen LogP contribution in [0.2, 0.25) is 0 Å². The standard InChI is InChI=1S/C26H26N2OS/c1-4-21-11-8-12-23-25(21)27-26(30-23)28(17-20-9-6-5-7-10-20)24(29)16-22-15-18(2)13-14-19(22)3/h5-15H,4,16-17H2,1-3H3. The summed E-state index contributed by atoms with van der Waals surface area (Å²) in [4.78, 5) is 20.3. The van der Waals surface area contributed by atoms with Crippen LogP contribution in [0, 0.1) is 13.8 Å². The molecule has 0 aliphatic carbocycles. The van der Waals surface area contributed by atoms with Gasteiger partial charge in [-0.3, -0.25) is 9.69 Å². The number of fused-ring (bicyclic) bond motifs is 1. The third-order valence-corrected chi connectivity index (χ3v) is 6.48. The molecule has 0 bridgehead atoms. The van der Waals surface area contributed by atoms with Gasteiger partial charge in [0.2, 0.25) is 5.91 Å². The number of para-hydroxylation sites is 1. The Kier molecular flexibility index (Phi) is 5.96. The van der Waals surface area contributed by atoms with Crippen LogP contribution in [0.1, 0.15) is 34.7 Å². The fourth-order valence-electron chi connectivity index (χ4n) is 3.67. The number of benzene rings is 3. The molecule has 0 saturated heterocycles. The van der Waals surface area contributed by atoms with E-state index in [0.717, 1.165) is 38.5 Å². The van der Waals surface area contributed by atoms with E-state index in [1.165, 1.54) is 11.1 Å². The van der Waals surface area contributed by atoms with Crippen LogP contribution in [0.3, 0.4) is 0 Å². The first kappa shape index (κ1) is 20.3. The third-order valence-electron chi connectivity index (χ3n) is 5.43. The maximum Gasteiger partial charge on any atom is 0.233 e. The largest absolute Gasteiger partial charge is 0.283 e. The Balaban J connectivity index is 1.72. The van der Waals surface area contributed by atoms with Gasteiger partial charge in [-0.05, 0) is 48.6 Å². The zero-order valence-corrected chi connectivity index (χ0v) is 18.5. The lowest BCUT2D eigenvalue weighted by Gasteiger charge is -2.21. The molecule has 4 rings (SSSR count). The number of carbonyl (C=O) groups is 1. The molecule has 0 aliphatic rings. The summed E-state index contributed by atoms with van der Waals surface area (Å²) in [6.45, 7) is 6.79. The number of anilines is 1. The van der Waals surface area contributed by atoms with Crippen LogP contribution < -0.4 is 4.90 Å². The highest BCUT2D eigenvalue weighted by Crippen LogP contribution is 2.32. The number of nitrogens with zero attached hydrogens (tertiary/aromatic N) is 2. The van der Waals surface area contributed by atoms with Gasteiger partial charge in [0.15, 0.2) is 5.13 Å². The first-order valence-electron chi connectivity index (χ1n) is 10.3. The fourth-order valence-corrected chi connectivity index (χ4v) is 4.70. The van der Waals surface area contributed by atoms with Crippen LogP contribution in [0.4, 0.5) is 5.13 Å². The summed E-state index contributed by atoms with van der Waals surface area (Å²) >= 11 is 1.59. The average molecular weight is 415 g/mol. The number of rotatable bonds is 6. The van der Waals surface area contributed by atoms with Gasteiger partial charge in [0, 0.05) is 0 Å². The average Bonchev–Trinajstić information content (AvgIpc) is 3.19. The van der Waals surface area contributed by atoms with Gasteiger partial charge in [0.25, 0.3) is 0 Å². The minimum atomic E-state index is 0.0738. The Labute approximate surface area is 182 Å². The maximum absolute atomic E-state index is 13.5. The van der Waals surface area contributed by atoms with E-state index in [1.807, 2.05) is 23.1 Å². The molecule has 0 radical (unpaired) electrons. The second-order valence-electron chi connectivity index (χ2n) is 7.69. The highest BCUT2D eigenvalue weighted by molar-refractivity contribution is 7.22. The summed E-state index contributed by atoms with van der Waals surface area (Å²) < 4.78 is 1.13. The van der Waals surface area contributed by atoms with Gasteiger partial charge in [0.1, 0.15) is 0 Å². The lowest BCUT2D eigenvalue weighted by molar-refractivity contribution is -0.118. The Bertz CT molecular complexity index is 1180. The highest BCUT2D eigenvalue weighted by Gasteiger charge is 2.22. The van der Waals surface area contributed by atoms with Crippen LogP contribution in [0.5, 0.6) is 0 Å². The quantitative estimate of drug-likeness (QED) is 0.373. The maximum atomic E-state index is 13.5. The van der Waals surface area contributed by atoms with E-state index in [0.29, 0.717) is 13.0 Å². The lowest BCUT2D eigenvalue weighted by Crippen LogP contribution is -2.32. The summed E-state index contributed by atoms with van der Waals surface area (Å²) in [5.41, 5.74) is 6.72. The number of aryl methyl sites for hydroxylation is 3. The number of hydrogen-bond acceptors (Lipinski definition) is 3. The third kappa shape index (κ3) is 4.29. The number of amides is 1. The molecule has 1 amide bonds. The van der Waals surface area contributed by atoms with Gasteiger partial charge in [-0.15, -0.1) is 0 Å². The summed E-state index contributed by atoms with van der Waals surface area (Å²) in [5, 5.41) is 0.769. The molecule has 4 heteroatoms. The molecular weight excluding hydrogens is 388 g/mol. The summed E-state index contributed by atoms with van der Waals surface area (Å²) in [6.07, 6.45) is 1.30. The minimum absolute atomic E-state index is 0.0738. The zero-order valence-electron chi connectivity index (χ0n) is 17.7. The zero-order chi connectivity index (χ0) is 21.1. The second kappa shape index (κ2) is 8.80. The Hall–Kier alpha value is -2.98. The predicted octanol–water partition coefficient (Wildman–Crippen LogP) is 6.25. The van der Waals surface area contributed by atoms with Gasteiger partial charge < -0.3 is 0 Å². The second-order valence-corrected chi connectivity index (χ2v) is 8.70. The highest BCUT2D eigenvalue weighted by atomic mass is 32.1. The Morgan fingerprint density at radius 1 is 0.967 bits per heavy atom. The molecule has 0 atom stereocenters. The van der Waals surface area contributed by atoms with E-state index in [1.54, 1.807) is 11.3 Å². The molecule has 0 saturated carbocycles. The molecule has 3 nitrogen and oxygen atoms in total. The van der Waals surface area contributed by atoms with Crippen molar-refractivity contribution in [2.24, 2.45) is 0 Å². The van der Waals surface area contributed by atoms with Crippen molar-refractivity contribution in [3.8, 4) is 0 Å². The van der Waals surface area contributed by atoms with E-state index in [9.17, 15) is 4.79 Å². The van der Waals surface area contributed by atoms with Crippen molar-refractivity contribution in [1.82, 2.24) is 4.98 Å². The van der Waals surface area contributed by atoms with Crippen molar-refractivity contribution in [3.63, 3.8) is 0 Å². The van der Waals surface area contributed by atoms with Crippen molar-refractivity contribution in [1.29, 1.82) is 0 Å². The SMILES string of the molecule is CCc1cccc2sc(N(Cc3ccccc3)C(=O)Cc3cc(C)ccc3C)nc12. The van der Waals surface area contributed by atoms with Crippen LogP contribution in [0.15, 0.2) is 66.7 Å². The molecule has 0 fully saturated rings. The molecule has 0 N–H and O–H groups in total. The van der Waals surface area contributed by atoms with Gasteiger partial charge in [-0.2, -0.15) is 0 Å². The number of carbonyl (C=O) groups excluding carboxylic acids is 1. The van der Waals surface area contributed by atoms with Crippen LogP contribution in [0.25, 0.3) is 10.2 Å². The monoisotopic (exact) mass is 414 g/mol. The van der Waals surface area contributed by atoms with Gasteiger partial charge in [0.05, 0.1) is 23.2 Å². The van der Waals surface area contributed by atoms with Crippen molar-refractivity contribution in [2.75, 3.05) is 4.90 Å². The molecule has 4 aromatic rings. The lowest BCUT2D eigenvalue weighted by atomic mass is 10.0. The molecule has 0 spiro atoms. The van der Waals surface area contributed by atoms with Crippen LogP contribution >= 0.6 is 11.3 Å². The van der Waals surface area contributed by atoms with E-state index in [4.69, 9.17) is 4.98 Å². The topological polar surface area (TPSA) is 33.2 Å². The summed E-state index contributed by atoms with van der Waals surface area (Å²) in [5.74, 6) is 0.0738. The van der Waals surface area contributed by atoms with Crippen LogP contribution in [-0.2, 0) is 24.2 Å².